The molecule has 0 fully saturated rings. The molecule has 19 heavy (non-hydrogen) atoms. The summed E-state index contributed by atoms with van der Waals surface area (Å²) in [7, 11) is 1.33. The van der Waals surface area contributed by atoms with Crippen LogP contribution in [0.15, 0.2) is 42.7 Å². The summed E-state index contributed by atoms with van der Waals surface area (Å²) in [5, 5.41) is 9.29. The van der Waals surface area contributed by atoms with E-state index in [1.54, 1.807) is 24.3 Å². The van der Waals surface area contributed by atoms with E-state index >= 15 is 0 Å². The van der Waals surface area contributed by atoms with Crippen LogP contribution in [0.4, 0.5) is 0 Å². The molecule has 0 amide bonds. The first-order valence-corrected chi connectivity index (χ1v) is 5.54. The van der Waals surface area contributed by atoms with Crippen molar-refractivity contribution in [2.45, 2.75) is 0 Å². The van der Waals surface area contributed by atoms with Crippen molar-refractivity contribution >= 4 is 5.97 Å². The number of carbonyl (C=O) groups excluding carboxylic acids is 1. The van der Waals surface area contributed by atoms with Crippen molar-refractivity contribution in [1.29, 1.82) is 0 Å². The van der Waals surface area contributed by atoms with Gasteiger partial charge in [0.25, 0.3) is 0 Å². The van der Waals surface area contributed by atoms with Crippen LogP contribution in [-0.2, 0) is 4.74 Å². The van der Waals surface area contributed by atoms with Crippen LogP contribution in [0.1, 0.15) is 21.5 Å². The molecule has 0 aliphatic heterocycles. The molecule has 0 aliphatic rings. The Hall–Kier alpha value is -2.80. The smallest absolute Gasteiger partial charge is 0.339 e. The van der Waals surface area contributed by atoms with Gasteiger partial charge in [-0.05, 0) is 18.2 Å². The standard InChI is InChI=1S/C15H11NO3/c1-19-15(18)14-5-3-2-4-12(14)7-6-11-8-13(17)10-16-9-11/h2-5,8-10,17H,1H3. The Kier molecular flexibility index (Phi) is 3.79. The van der Waals surface area contributed by atoms with Crippen molar-refractivity contribution in [2.24, 2.45) is 0 Å². The lowest BCUT2D eigenvalue weighted by Gasteiger charge is -2.01. The van der Waals surface area contributed by atoms with Gasteiger partial charge in [0.2, 0.25) is 0 Å². The second-order valence-electron chi connectivity index (χ2n) is 3.72. The van der Waals surface area contributed by atoms with Gasteiger partial charge in [0.1, 0.15) is 5.75 Å². The van der Waals surface area contributed by atoms with Crippen LogP contribution >= 0.6 is 0 Å². The highest BCUT2D eigenvalue weighted by Crippen LogP contribution is 2.10. The van der Waals surface area contributed by atoms with Crippen molar-refractivity contribution < 1.29 is 14.6 Å². The van der Waals surface area contributed by atoms with E-state index in [1.165, 1.54) is 25.6 Å². The van der Waals surface area contributed by atoms with Gasteiger partial charge in [-0.25, -0.2) is 4.79 Å². The number of ether oxygens (including phenoxy) is 1. The number of pyridine rings is 1. The zero-order valence-electron chi connectivity index (χ0n) is 10.3. The number of aromatic nitrogens is 1. The van der Waals surface area contributed by atoms with Gasteiger partial charge in [0.05, 0.1) is 18.9 Å². The normalized spacial score (nSPS) is 9.32. The molecule has 94 valence electrons. The lowest BCUT2D eigenvalue weighted by atomic mass is 10.1. The van der Waals surface area contributed by atoms with Gasteiger partial charge < -0.3 is 9.84 Å². The Morgan fingerprint density at radius 3 is 2.79 bits per heavy atom. The molecule has 0 atom stereocenters. The van der Waals surface area contributed by atoms with Gasteiger partial charge in [0.15, 0.2) is 0 Å². The van der Waals surface area contributed by atoms with Crippen LogP contribution < -0.4 is 0 Å². The number of carbonyl (C=O) groups is 1. The van der Waals surface area contributed by atoms with Crippen LogP contribution in [0.5, 0.6) is 5.75 Å². The molecule has 1 aromatic heterocycles. The number of aromatic hydroxyl groups is 1. The predicted octanol–water partition coefficient (Wildman–Crippen LogP) is 1.97. The highest BCUT2D eigenvalue weighted by atomic mass is 16.5. The average molecular weight is 253 g/mol. The quantitative estimate of drug-likeness (QED) is 0.623. The Bertz CT molecular complexity index is 668. The minimum Gasteiger partial charge on any atom is -0.506 e. The fourth-order valence-corrected chi connectivity index (χ4v) is 1.52. The SMILES string of the molecule is COC(=O)c1ccccc1C#Cc1cncc(O)c1. The van der Waals surface area contributed by atoms with E-state index in [2.05, 4.69) is 21.6 Å². The Morgan fingerprint density at radius 1 is 1.26 bits per heavy atom. The van der Waals surface area contributed by atoms with Crippen molar-refractivity contribution in [2.75, 3.05) is 7.11 Å². The Morgan fingerprint density at radius 2 is 2.05 bits per heavy atom. The molecule has 0 unspecified atom stereocenters. The maximum absolute atomic E-state index is 11.6. The first kappa shape index (κ1) is 12.7. The molecule has 1 aromatic carbocycles. The fourth-order valence-electron chi connectivity index (χ4n) is 1.52. The zero-order valence-corrected chi connectivity index (χ0v) is 10.3. The van der Waals surface area contributed by atoms with Crippen molar-refractivity contribution in [3.05, 3.63) is 59.4 Å². The summed E-state index contributed by atoms with van der Waals surface area (Å²) in [6, 6.07) is 8.41. The van der Waals surface area contributed by atoms with E-state index in [1.807, 2.05) is 0 Å². The van der Waals surface area contributed by atoms with E-state index < -0.39 is 5.97 Å². The van der Waals surface area contributed by atoms with Crippen LogP contribution in [-0.4, -0.2) is 23.2 Å². The van der Waals surface area contributed by atoms with Gasteiger partial charge in [-0.1, -0.05) is 24.0 Å². The molecule has 0 bridgehead atoms. The third kappa shape index (κ3) is 3.11. The minimum absolute atomic E-state index is 0.0491. The maximum Gasteiger partial charge on any atom is 0.339 e. The minimum atomic E-state index is -0.432. The van der Waals surface area contributed by atoms with Crippen LogP contribution in [0, 0.1) is 11.8 Å². The van der Waals surface area contributed by atoms with Crippen LogP contribution in [0.2, 0.25) is 0 Å². The van der Waals surface area contributed by atoms with E-state index in [4.69, 9.17) is 0 Å². The summed E-state index contributed by atoms with van der Waals surface area (Å²) in [4.78, 5) is 15.4. The summed E-state index contributed by atoms with van der Waals surface area (Å²) in [6.07, 6.45) is 2.86. The van der Waals surface area contributed by atoms with E-state index in [0.29, 0.717) is 16.7 Å². The molecule has 1 heterocycles. The van der Waals surface area contributed by atoms with Crippen LogP contribution in [0.25, 0.3) is 0 Å². The summed E-state index contributed by atoms with van der Waals surface area (Å²) in [5.41, 5.74) is 1.54. The molecular weight excluding hydrogens is 242 g/mol. The first-order valence-electron chi connectivity index (χ1n) is 5.54. The molecule has 0 saturated heterocycles. The molecule has 2 aromatic rings. The van der Waals surface area contributed by atoms with E-state index in [-0.39, 0.29) is 5.75 Å². The summed E-state index contributed by atoms with van der Waals surface area (Å²) in [6.45, 7) is 0. The Balaban J connectivity index is 2.37. The molecular formula is C15H11NO3. The third-order valence-electron chi connectivity index (χ3n) is 2.40. The number of nitrogens with zero attached hydrogens (tertiary/aromatic N) is 1. The molecule has 0 saturated carbocycles. The van der Waals surface area contributed by atoms with Gasteiger partial charge in [-0.2, -0.15) is 0 Å². The molecule has 4 nitrogen and oxygen atoms in total. The molecule has 1 N–H and O–H groups in total. The summed E-state index contributed by atoms with van der Waals surface area (Å²) < 4.78 is 4.69. The number of methoxy groups -OCH3 is 1. The van der Waals surface area contributed by atoms with Gasteiger partial charge in [-0.15, -0.1) is 0 Å². The lowest BCUT2D eigenvalue weighted by molar-refractivity contribution is 0.0600. The number of esters is 1. The highest BCUT2D eigenvalue weighted by molar-refractivity contribution is 5.92. The van der Waals surface area contributed by atoms with Gasteiger partial charge in [0, 0.05) is 17.3 Å². The predicted molar refractivity (Wildman–Crippen MR) is 69.7 cm³/mol. The van der Waals surface area contributed by atoms with Crippen LogP contribution in [0.3, 0.4) is 0 Å². The van der Waals surface area contributed by atoms with Crippen molar-refractivity contribution in [3.63, 3.8) is 0 Å². The Labute approximate surface area is 110 Å². The number of benzene rings is 1. The average Bonchev–Trinajstić information content (AvgIpc) is 2.45. The molecule has 0 radical (unpaired) electrons. The zero-order chi connectivity index (χ0) is 13.7. The van der Waals surface area contributed by atoms with Crippen molar-refractivity contribution in [3.8, 4) is 17.6 Å². The van der Waals surface area contributed by atoms with Gasteiger partial charge >= 0.3 is 5.97 Å². The largest absolute Gasteiger partial charge is 0.506 e. The second-order valence-corrected chi connectivity index (χ2v) is 3.72. The highest BCUT2D eigenvalue weighted by Gasteiger charge is 2.08. The maximum atomic E-state index is 11.6. The molecule has 2 rings (SSSR count). The number of hydrogen-bond acceptors (Lipinski definition) is 4. The lowest BCUT2D eigenvalue weighted by Crippen LogP contribution is -2.03. The number of rotatable bonds is 1. The monoisotopic (exact) mass is 253 g/mol. The topological polar surface area (TPSA) is 59.4 Å². The molecule has 0 aliphatic carbocycles. The second kappa shape index (κ2) is 5.69. The van der Waals surface area contributed by atoms with Crippen molar-refractivity contribution in [1.82, 2.24) is 4.98 Å². The van der Waals surface area contributed by atoms with E-state index in [0.717, 1.165) is 0 Å². The molecule has 4 heteroatoms. The van der Waals surface area contributed by atoms with E-state index in [9.17, 15) is 9.90 Å². The van der Waals surface area contributed by atoms with Gasteiger partial charge in [-0.3, -0.25) is 4.98 Å². The summed E-state index contributed by atoms with van der Waals surface area (Å²) >= 11 is 0. The molecule has 0 spiro atoms. The third-order valence-corrected chi connectivity index (χ3v) is 2.40. The fraction of sp³-hybridized carbons (Fsp3) is 0.0667. The number of hydrogen-bond donors (Lipinski definition) is 1. The summed E-state index contributed by atoms with van der Waals surface area (Å²) in [5.74, 6) is 5.33. The first-order chi connectivity index (χ1) is 9.20.